The molecule has 2 atom stereocenters. The van der Waals surface area contributed by atoms with E-state index in [4.69, 9.17) is 28.4 Å². The quantitative estimate of drug-likeness (QED) is 0.332. The molecule has 0 radical (unpaired) electrons. The number of hydrogen-bond donors (Lipinski definition) is 0. The van der Waals surface area contributed by atoms with Crippen LogP contribution < -0.4 is 18.9 Å². The summed E-state index contributed by atoms with van der Waals surface area (Å²) in [6.45, 7) is 0.0315. The van der Waals surface area contributed by atoms with Gasteiger partial charge in [-0.2, -0.15) is 0 Å². The first-order chi connectivity index (χ1) is 15.9. The first-order valence-corrected chi connectivity index (χ1v) is 9.96. The van der Waals surface area contributed by atoms with Gasteiger partial charge in [0.2, 0.25) is 13.6 Å². The van der Waals surface area contributed by atoms with Gasteiger partial charge >= 0.3 is 11.9 Å². The van der Waals surface area contributed by atoms with Crippen molar-refractivity contribution >= 4 is 23.5 Å². The first kappa shape index (κ1) is 22.1. The molecule has 0 aromatic heterocycles. The number of rotatable bonds is 8. The SMILES string of the molecule is COC(=O)C(CC(C(=O)OC)C(=O)c1ccc2c(c1)OCO2)C(=O)c1ccc2c(c1)OCO2. The summed E-state index contributed by atoms with van der Waals surface area (Å²) < 4.78 is 30.6. The minimum atomic E-state index is -1.43. The number of ketones is 2. The van der Waals surface area contributed by atoms with Crippen LogP contribution in [0.3, 0.4) is 0 Å². The van der Waals surface area contributed by atoms with Crippen LogP contribution in [0.2, 0.25) is 0 Å². The summed E-state index contributed by atoms with van der Waals surface area (Å²) in [5.41, 5.74) is 0.294. The third kappa shape index (κ3) is 4.32. The minimum Gasteiger partial charge on any atom is -0.468 e. The van der Waals surface area contributed by atoms with E-state index in [1.807, 2.05) is 0 Å². The van der Waals surface area contributed by atoms with E-state index in [0.717, 1.165) is 14.2 Å². The van der Waals surface area contributed by atoms with Crippen molar-refractivity contribution in [3.8, 4) is 23.0 Å². The normalized spacial score (nSPS) is 14.8. The number of benzene rings is 2. The van der Waals surface area contributed by atoms with Crippen LogP contribution in [0.1, 0.15) is 27.1 Å². The second-order valence-corrected chi connectivity index (χ2v) is 7.25. The molecule has 0 amide bonds. The maximum absolute atomic E-state index is 13.2. The lowest BCUT2D eigenvalue weighted by Gasteiger charge is -2.19. The fourth-order valence-electron chi connectivity index (χ4n) is 3.64. The largest absolute Gasteiger partial charge is 0.468 e. The Bertz CT molecular complexity index is 1030. The zero-order valence-corrected chi connectivity index (χ0v) is 17.8. The van der Waals surface area contributed by atoms with Crippen molar-refractivity contribution in [3.05, 3.63) is 47.5 Å². The van der Waals surface area contributed by atoms with Crippen molar-refractivity contribution in [2.24, 2.45) is 11.8 Å². The van der Waals surface area contributed by atoms with Crippen molar-refractivity contribution in [2.75, 3.05) is 27.8 Å². The zero-order chi connectivity index (χ0) is 23.5. The molecule has 10 nitrogen and oxygen atoms in total. The van der Waals surface area contributed by atoms with E-state index >= 15 is 0 Å². The Labute approximate surface area is 188 Å². The molecule has 10 heteroatoms. The highest BCUT2D eigenvalue weighted by atomic mass is 16.7. The molecule has 2 aromatic carbocycles. The molecule has 0 saturated carbocycles. The van der Waals surface area contributed by atoms with Crippen LogP contribution in [0.5, 0.6) is 23.0 Å². The smallest absolute Gasteiger partial charge is 0.316 e. The Morgan fingerprint density at radius 2 is 1.09 bits per heavy atom. The van der Waals surface area contributed by atoms with Crippen LogP contribution in [-0.4, -0.2) is 51.3 Å². The number of Topliss-reactive ketones (excluding diaryl/α,β-unsaturated/α-hetero) is 2. The lowest BCUT2D eigenvalue weighted by Crippen LogP contribution is -2.34. The average molecular weight is 456 g/mol. The molecule has 0 fully saturated rings. The summed E-state index contributed by atoms with van der Waals surface area (Å²) >= 11 is 0. The highest BCUT2D eigenvalue weighted by molar-refractivity contribution is 6.12. The summed E-state index contributed by atoms with van der Waals surface area (Å²) in [7, 11) is 2.24. The van der Waals surface area contributed by atoms with Gasteiger partial charge in [0.15, 0.2) is 34.6 Å². The summed E-state index contributed by atoms with van der Waals surface area (Å²) in [4.78, 5) is 51.5. The number of fused-ring (bicyclic) bond motifs is 2. The molecular weight excluding hydrogens is 436 g/mol. The van der Waals surface area contributed by atoms with Crippen LogP contribution in [-0.2, 0) is 19.1 Å². The van der Waals surface area contributed by atoms with Crippen molar-refractivity contribution in [1.29, 1.82) is 0 Å². The summed E-state index contributed by atoms with van der Waals surface area (Å²) in [5, 5.41) is 0. The maximum Gasteiger partial charge on any atom is 0.316 e. The highest BCUT2D eigenvalue weighted by Gasteiger charge is 2.39. The minimum absolute atomic E-state index is 0.0157. The van der Waals surface area contributed by atoms with E-state index < -0.39 is 41.8 Å². The second-order valence-electron chi connectivity index (χ2n) is 7.25. The van der Waals surface area contributed by atoms with Crippen LogP contribution in [0, 0.1) is 11.8 Å². The third-order valence-electron chi connectivity index (χ3n) is 5.39. The molecule has 172 valence electrons. The second kappa shape index (κ2) is 9.19. The number of methoxy groups -OCH3 is 2. The van der Waals surface area contributed by atoms with Gasteiger partial charge in [-0.1, -0.05) is 0 Å². The Morgan fingerprint density at radius 1 is 0.697 bits per heavy atom. The van der Waals surface area contributed by atoms with Gasteiger partial charge in [0.05, 0.1) is 14.2 Å². The summed E-state index contributed by atoms with van der Waals surface area (Å²) in [5.74, 6) is -4.26. The molecule has 2 unspecified atom stereocenters. The Hall–Kier alpha value is -4.08. The van der Waals surface area contributed by atoms with E-state index in [1.165, 1.54) is 24.3 Å². The van der Waals surface area contributed by atoms with Crippen LogP contribution in [0.25, 0.3) is 0 Å². The summed E-state index contributed by atoms with van der Waals surface area (Å²) in [6, 6.07) is 8.90. The Balaban J connectivity index is 1.63. The fourth-order valence-corrected chi connectivity index (χ4v) is 3.64. The van der Waals surface area contributed by atoms with E-state index in [-0.39, 0.29) is 24.7 Å². The lowest BCUT2D eigenvalue weighted by molar-refractivity contribution is -0.146. The standard InChI is InChI=1S/C23H20O10/c1-28-22(26)14(20(24)12-3-5-16-18(7-12)32-10-30-16)9-15(23(27)29-2)21(25)13-4-6-17-19(8-13)33-11-31-17/h3-8,14-15H,9-11H2,1-2H3. The molecule has 2 aliphatic rings. The van der Waals surface area contributed by atoms with Gasteiger partial charge in [0.1, 0.15) is 11.8 Å². The number of carbonyl (C=O) groups excluding carboxylic acids is 4. The van der Waals surface area contributed by atoms with Gasteiger partial charge in [-0.05, 0) is 42.8 Å². The monoisotopic (exact) mass is 456 g/mol. The van der Waals surface area contributed by atoms with Gasteiger partial charge < -0.3 is 28.4 Å². The molecule has 0 spiro atoms. The van der Waals surface area contributed by atoms with Crippen molar-refractivity contribution < 1.29 is 47.6 Å². The molecule has 0 bridgehead atoms. The van der Waals surface area contributed by atoms with Crippen LogP contribution in [0.4, 0.5) is 0 Å². The third-order valence-corrected chi connectivity index (χ3v) is 5.39. The molecule has 4 rings (SSSR count). The van der Waals surface area contributed by atoms with Crippen molar-refractivity contribution in [2.45, 2.75) is 6.42 Å². The predicted molar refractivity (Wildman–Crippen MR) is 109 cm³/mol. The van der Waals surface area contributed by atoms with E-state index in [2.05, 4.69) is 0 Å². The number of esters is 2. The van der Waals surface area contributed by atoms with Gasteiger partial charge in [-0.3, -0.25) is 19.2 Å². The number of hydrogen-bond acceptors (Lipinski definition) is 10. The van der Waals surface area contributed by atoms with Crippen LogP contribution >= 0.6 is 0 Å². The van der Waals surface area contributed by atoms with E-state index in [1.54, 1.807) is 12.1 Å². The zero-order valence-electron chi connectivity index (χ0n) is 17.8. The topological polar surface area (TPSA) is 124 Å². The Morgan fingerprint density at radius 3 is 1.48 bits per heavy atom. The lowest BCUT2D eigenvalue weighted by atomic mass is 9.84. The van der Waals surface area contributed by atoms with Gasteiger partial charge in [0, 0.05) is 11.1 Å². The number of carbonyl (C=O) groups is 4. The van der Waals surface area contributed by atoms with Gasteiger partial charge in [0.25, 0.3) is 0 Å². The first-order valence-electron chi connectivity index (χ1n) is 9.96. The van der Waals surface area contributed by atoms with E-state index in [9.17, 15) is 19.2 Å². The molecule has 33 heavy (non-hydrogen) atoms. The van der Waals surface area contributed by atoms with Crippen molar-refractivity contribution in [1.82, 2.24) is 0 Å². The van der Waals surface area contributed by atoms with Gasteiger partial charge in [-0.15, -0.1) is 0 Å². The maximum atomic E-state index is 13.2. The average Bonchev–Trinajstić information content (AvgIpc) is 3.51. The highest BCUT2D eigenvalue weighted by Crippen LogP contribution is 2.35. The molecule has 0 saturated heterocycles. The van der Waals surface area contributed by atoms with Crippen molar-refractivity contribution in [3.63, 3.8) is 0 Å². The summed E-state index contributed by atoms with van der Waals surface area (Å²) in [6.07, 6.45) is -0.445. The molecule has 0 N–H and O–H groups in total. The molecular formula is C23H20O10. The fraction of sp³-hybridized carbons (Fsp3) is 0.304. The Kier molecular flexibility index (Phi) is 6.16. The number of ether oxygens (including phenoxy) is 6. The van der Waals surface area contributed by atoms with Gasteiger partial charge in [-0.25, -0.2) is 0 Å². The van der Waals surface area contributed by atoms with Crippen LogP contribution in [0.15, 0.2) is 36.4 Å². The van der Waals surface area contributed by atoms with E-state index in [0.29, 0.717) is 23.0 Å². The molecule has 2 heterocycles. The molecule has 2 aromatic rings. The molecule has 0 aliphatic carbocycles. The predicted octanol–water partition coefficient (Wildman–Crippen LogP) is 2.18. The molecule has 2 aliphatic heterocycles.